The van der Waals surface area contributed by atoms with E-state index in [1.807, 2.05) is 30.3 Å². The molecule has 106 valence electrons. The molecular weight excluding hydrogens is 272 g/mol. The molecule has 0 saturated heterocycles. The normalized spacial score (nSPS) is 11.9. The number of rotatable bonds is 6. The fourth-order valence-electron chi connectivity index (χ4n) is 2.16. The molecule has 0 heterocycles. The monoisotopic (exact) mass is 290 g/mol. The molecule has 0 spiro atoms. The highest BCUT2D eigenvalue weighted by Crippen LogP contribution is 2.25. The van der Waals surface area contributed by atoms with Gasteiger partial charge in [-0.3, -0.25) is 0 Å². The summed E-state index contributed by atoms with van der Waals surface area (Å²) in [6.07, 6.45) is 1.57. The van der Waals surface area contributed by atoms with Crippen molar-refractivity contribution in [2.24, 2.45) is 5.73 Å². The molecule has 0 aromatic heterocycles. The van der Waals surface area contributed by atoms with E-state index in [0.717, 1.165) is 10.8 Å². The van der Waals surface area contributed by atoms with Crippen LogP contribution in [-0.2, 0) is 10.0 Å². The highest BCUT2D eigenvalue weighted by Gasteiger charge is 2.24. The van der Waals surface area contributed by atoms with E-state index in [1.54, 1.807) is 18.2 Å². The predicted octanol–water partition coefficient (Wildman–Crippen LogP) is 1.98. The molecule has 20 heavy (non-hydrogen) atoms. The molecule has 0 bridgehead atoms. The summed E-state index contributed by atoms with van der Waals surface area (Å²) in [5.74, 6) is 0. The van der Waals surface area contributed by atoms with E-state index in [9.17, 15) is 8.42 Å². The fraction of sp³-hybridized carbons (Fsp3) is 0.200. The molecule has 0 amide bonds. The molecule has 2 N–H and O–H groups in total. The van der Waals surface area contributed by atoms with Crippen LogP contribution in [0.25, 0.3) is 10.8 Å². The molecule has 0 atom stereocenters. The van der Waals surface area contributed by atoms with Gasteiger partial charge in [-0.05, 0) is 11.5 Å². The lowest BCUT2D eigenvalue weighted by Gasteiger charge is -2.20. The number of nitrogens with zero attached hydrogens (tertiary/aromatic N) is 1. The van der Waals surface area contributed by atoms with E-state index in [0.29, 0.717) is 4.90 Å². The maximum Gasteiger partial charge on any atom is 0.244 e. The lowest BCUT2D eigenvalue weighted by Crippen LogP contribution is -2.35. The van der Waals surface area contributed by atoms with Gasteiger partial charge in [-0.15, -0.1) is 6.58 Å². The van der Waals surface area contributed by atoms with Crippen molar-refractivity contribution in [1.82, 2.24) is 4.31 Å². The first-order valence-corrected chi connectivity index (χ1v) is 7.84. The van der Waals surface area contributed by atoms with Crippen molar-refractivity contribution in [2.75, 3.05) is 19.6 Å². The van der Waals surface area contributed by atoms with Gasteiger partial charge >= 0.3 is 0 Å². The second kappa shape index (κ2) is 6.17. The van der Waals surface area contributed by atoms with Gasteiger partial charge in [0.2, 0.25) is 10.0 Å². The largest absolute Gasteiger partial charge is 0.329 e. The molecule has 5 heteroatoms. The molecule has 0 aliphatic heterocycles. The summed E-state index contributed by atoms with van der Waals surface area (Å²) in [6, 6.07) is 12.7. The van der Waals surface area contributed by atoms with Crippen LogP contribution >= 0.6 is 0 Å². The lowest BCUT2D eigenvalue weighted by atomic mass is 10.1. The zero-order valence-corrected chi connectivity index (χ0v) is 12.0. The SMILES string of the molecule is C=CCN(CCN)S(=O)(=O)c1cccc2ccccc12. The summed E-state index contributed by atoms with van der Waals surface area (Å²) < 4.78 is 26.8. The Morgan fingerprint density at radius 2 is 1.85 bits per heavy atom. The fourth-order valence-corrected chi connectivity index (χ4v) is 3.80. The zero-order chi connectivity index (χ0) is 14.6. The maximum atomic E-state index is 12.7. The predicted molar refractivity (Wildman–Crippen MR) is 82.0 cm³/mol. The number of sulfonamides is 1. The Labute approximate surface area is 119 Å². The van der Waals surface area contributed by atoms with Crippen molar-refractivity contribution < 1.29 is 8.42 Å². The Morgan fingerprint density at radius 3 is 2.55 bits per heavy atom. The molecule has 0 aliphatic rings. The van der Waals surface area contributed by atoms with Gasteiger partial charge in [-0.25, -0.2) is 8.42 Å². The first-order chi connectivity index (χ1) is 9.61. The number of hydrogen-bond donors (Lipinski definition) is 1. The average molecular weight is 290 g/mol. The Kier molecular flexibility index (Phi) is 4.54. The molecule has 0 fully saturated rings. The summed E-state index contributed by atoms with van der Waals surface area (Å²) in [5.41, 5.74) is 5.51. The molecule has 4 nitrogen and oxygen atoms in total. The first-order valence-electron chi connectivity index (χ1n) is 6.40. The molecular formula is C15H18N2O2S. The van der Waals surface area contributed by atoms with E-state index in [2.05, 4.69) is 6.58 Å². The highest BCUT2D eigenvalue weighted by molar-refractivity contribution is 7.89. The van der Waals surface area contributed by atoms with Crippen LogP contribution in [-0.4, -0.2) is 32.4 Å². The summed E-state index contributed by atoms with van der Waals surface area (Å²) >= 11 is 0. The van der Waals surface area contributed by atoms with Crippen molar-refractivity contribution in [3.05, 3.63) is 55.1 Å². The van der Waals surface area contributed by atoms with Gasteiger partial charge in [-0.2, -0.15) is 4.31 Å². The van der Waals surface area contributed by atoms with Gasteiger partial charge in [0.05, 0.1) is 4.90 Å². The third-order valence-corrected chi connectivity index (χ3v) is 5.00. The minimum atomic E-state index is -3.57. The molecule has 0 unspecified atom stereocenters. The Balaban J connectivity index is 2.58. The van der Waals surface area contributed by atoms with Gasteiger partial charge in [0.1, 0.15) is 0 Å². The minimum Gasteiger partial charge on any atom is -0.329 e. The van der Waals surface area contributed by atoms with Crippen molar-refractivity contribution in [2.45, 2.75) is 4.90 Å². The zero-order valence-electron chi connectivity index (χ0n) is 11.2. The number of fused-ring (bicyclic) bond motifs is 1. The molecule has 0 aliphatic carbocycles. The van der Waals surface area contributed by atoms with Crippen LogP contribution in [0.4, 0.5) is 0 Å². The summed E-state index contributed by atoms with van der Waals surface area (Å²) in [5, 5.41) is 1.63. The van der Waals surface area contributed by atoms with Gasteiger partial charge in [0, 0.05) is 25.0 Å². The van der Waals surface area contributed by atoms with Crippen LogP contribution in [0.1, 0.15) is 0 Å². The number of hydrogen-bond acceptors (Lipinski definition) is 3. The molecule has 2 rings (SSSR count). The molecule has 0 saturated carbocycles. The van der Waals surface area contributed by atoms with Crippen LogP contribution in [0.5, 0.6) is 0 Å². The van der Waals surface area contributed by atoms with Crippen molar-refractivity contribution in [3.63, 3.8) is 0 Å². The molecule has 2 aromatic rings. The maximum absolute atomic E-state index is 12.7. The van der Waals surface area contributed by atoms with E-state index in [1.165, 1.54) is 4.31 Å². The van der Waals surface area contributed by atoms with Crippen LogP contribution in [0, 0.1) is 0 Å². The van der Waals surface area contributed by atoms with Gasteiger partial charge in [0.15, 0.2) is 0 Å². The minimum absolute atomic E-state index is 0.253. The van der Waals surface area contributed by atoms with Gasteiger partial charge < -0.3 is 5.73 Å². The third-order valence-electron chi connectivity index (χ3n) is 3.08. The van der Waals surface area contributed by atoms with Crippen molar-refractivity contribution in [3.8, 4) is 0 Å². The summed E-state index contributed by atoms with van der Waals surface area (Å²) in [6.45, 7) is 4.41. The van der Waals surface area contributed by atoms with E-state index < -0.39 is 10.0 Å². The summed E-state index contributed by atoms with van der Waals surface area (Å²) in [4.78, 5) is 0.311. The van der Waals surface area contributed by atoms with Crippen LogP contribution in [0.2, 0.25) is 0 Å². The van der Waals surface area contributed by atoms with Crippen molar-refractivity contribution >= 4 is 20.8 Å². The standard InChI is InChI=1S/C15H18N2O2S/c1-2-11-17(12-10-16)20(18,19)15-9-5-7-13-6-3-4-8-14(13)15/h2-9H,1,10-12,16H2. The average Bonchev–Trinajstić information content (AvgIpc) is 2.46. The van der Waals surface area contributed by atoms with Crippen molar-refractivity contribution in [1.29, 1.82) is 0 Å². The van der Waals surface area contributed by atoms with Crippen LogP contribution in [0.3, 0.4) is 0 Å². The van der Waals surface area contributed by atoms with Crippen LogP contribution in [0.15, 0.2) is 60.0 Å². The van der Waals surface area contributed by atoms with Crippen LogP contribution < -0.4 is 5.73 Å². The Hall–Kier alpha value is -1.69. The number of nitrogens with two attached hydrogens (primary N) is 1. The lowest BCUT2D eigenvalue weighted by molar-refractivity contribution is 0.450. The van der Waals surface area contributed by atoms with Gasteiger partial charge in [-0.1, -0.05) is 42.5 Å². The highest BCUT2D eigenvalue weighted by atomic mass is 32.2. The second-order valence-corrected chi connectivity index (χ2v) is 6.32. The number of benzene rings is 2. The molecule has 0 radical (unpaired) electrons. The Morgan fingerprint density at radius 1 is 1.15 bits per heavy atom. The molecule has 2 aromatic carbocycles. The Bertz CT molecular complexity index is 705. The quantitative estimate of drug-likeness (QED) is 0.827. The topological polar surface area (TPSA) is 63.4 Å². The smallest absolute Gasteiger partial charge is 0.244 e. The van der Waals surface area contributed by atoms with E-state index in [4.69, 9.17) is 5.73 Å². The second-order valence-electron chi connectivity index (χ2n) is 4.42. The first kappa shape index (κ1) is 14.7. The summed E-state index contributed by atoms with van der Waals surface area (Å²) in [7, 11) is -3.57. The van der Waals surface area contributed by atoms with Gasteiger partial charge in [0.25, 0.3) is 0 Å². The van der Waals surface area contributed by atoms with E-state index >= 15 is 0 Å². The van der Waals surface area contributed by atoms with E-state index in [-0.39, 0.29) is 19.6 Å². The third kappa shape index (κ3) is 2.75.